The Morgan fingerprint density at radius 2 is 2.13 bits per heavy atom. The SMILES string of the molecule is CCn1ccnc1[C@@H]1CCCN(c2cccc(C(F)(F)F)n2)C1. The van der Waals surface area contributed by atoms with Gasteiger partial charge in [0.05, 0.1) is 0 Å². The molecule has 3 rings (SSSR count). The van der Waals surface area contributed by atoms with E-state index < -0.39 is 11.9 Å². The van der Waals surface area contributed by atoms with Gasteiger partial charge in [-0.1, -0.05) is 6.07 Å². The molecule has 1 fully saturated rings. The molecule has 0 N–H and O–H groups in total. The second-order valence-electron chi connectivity index (χ2n) is 5.74. The zero-order valence-corrected chi connectivity index (χ0v) is 12.9. The Morgan fingerprint density at radius 1 is 1.30 bits per heavy atom. The Labute approximate surface area is 133 Å². The van der Waals surface area contributed by atoms with Crippen LogP contribution in [0.3, 0.4) is 0 Å². The predicted octanol–water partition coefficient (Wildman–Crippen LogP) is 3.70. The van der Waals surface area contributed by atoms with Crippen molar-refractivity contribution in [2.24, 2.45) is 0 Å². The van der Waals surface area contributed by atoms with Crippen LogP contribution in [0.1, 0.15) is 37.2 Å². The molecule has 0 spiro atoms. The third kappa shape index (κ3) is 3.33. The molecule has 1 atom stereocenters. The van der Waals surface area contributed by atoms with Crippen LogP contribution in [0.4, 0.5) is 19.0 Å². The summed E-state index contributed by atoms with van der Waals surface area (Å²) in [6.07, 6.45) is 1.21. The Bertz CT molecular complexity index is 665. The normalized spacial score (nSPS) is 19.1. The summed E-state index contributed by atoms with van der Waals surface area (Å²) in [7, 11) is 0. The molecule has 0 radical (unpaired) electrons. The van der Waals surface area contributed by atoms with Gasteiger partial charge in [0.15, 0.2) is 0 Å². The van der Waals surface area contributed by atoms with Crippen molar-refractivity contribution < 1.29 is 13.2 Å². The summed E-state index contributed by atoms with van der Waals surface area (Å²) >= 11 is 0. The fourth-order valence-electron chi connectivity index (χ4n) is 3.10. The quantitative estimate of drug-likeness (QED) is 0.863. The average molecular weight is 324 g/mol. The van der Waals surface area contributed by atoms with Gasteiger partial charge in [0.2, 0.25) is 0 Å². The molecule has 0 unspecified atom stereocenters. The van der Waals surface area contributed by atoms with Gasteiger partial charge in [-0.15, -0.1) is 0 Å². The average Bonchev–Trinajstić information content (AvgIpc) is 3.03. The number of halogens is 3. The van der Waals surface area contributed by atoms with E-state index in [1.807, 2.05) is 11.1 Å². The lowest BCUT2D eigenvalue weighted by atomic mass is 9.97. The number of aromatic nitrogens is 3. The number of imidazole rings is 1. The Balaban J connectivity index is 1.81. The fraction of sp³-hybridized carbons (Fsp3) is 0.500. The Kier molecular flexibility index (Phi) is 4.28. The van der Waals surface area contributed by atoms with Gasteiger partial charge in [0, 0.05) is 37.9 Å². The van der Waals surface area contributed by atoms with E-state index in [1.54, 1.807) is 12.3 Å². The van der Waals surface area contributed by atoms with E-state index in [-0.39, 0.29) is 5.92 Å². The monoisotopic (exact) mass is 324 g/mol. The molecule has 23 heavy (non-hydrogen) atoms. The van der Waals surface area contributed by atoms with E-state index in [0.29, 0.717) is 12.4 Å². The van der Waals surface area contributed by atoms with Gasteiger partial charge < -0.3 is 9.47 Å². The third-order valence-corrected chi connectivity index (χ3v) is 4.22. The van der Waals surface area contributed by atoms with Crippen LogP contribution in [0.2, 0.25) is 0 Å². The maximum Gasteiger partial charge on any atom is 0.433 e. The molecule has 7 heteroatoms. The van der Waals surface area contributed by atoms with Crippen LogP contribution in [0, 0.1) is 0 Å². The van der Waals surface area contributed by atoms with E-state index in [1.165, 1.54) is 6.07 Å². The van der Waals surface area contributed by atoms with Gasteiger partial charge in [0.25, 0.3) is 0 Å². The highest BCUT2D eigenvalue weighted by Gasteiger charge is 2.33. The molecule has 1 saturated heterocycles. The fourth-order valence-corrected chi connectivity index (χ4v) is 3.10. The highest BCUT2D eigenvalue weighted by molar-refractivity contribution is 5.41. The minimum atomic E-state index is -4.41. The Morgan fingerprint density at radius 3 is 2.87 bits per heavy atom. The largest absolute Gasteiger partial charge is 0.433 e. The van der Waals surface area contributed by atoms with Crippen molar-refractivity contribution in [1.29, 1.82) is 0 Å². The molecule has 2 aromatic heterocycles. The Hall–Kier alpha value is -2.05. The van der Waals surface area contributed by atoms with E-state index in [4.69, 9.17) is 0 Å². The zero-order chi connectivity index (χ0) is 16.4. The van der Waals surface area contributed by atoms with Crippen LogP contribution >= 0.6 is 0 Å². The first kappa shape index (κ1) is 15.8. The van der Waals surface area contributed by atoms with Gasteiger partial charge >= 0.3 is 6.18 Å². The molecular formula is C16H19F3N4. The zero-order valence-electron chi connectivity index (χ0n) is 12.9. The maximum absolute atomic E-state index is 12.8. The first-order valence-electron chi connectivity index (χ1n) is 7.79. The summed E-state index contributed by atoms with van der Waals surface area (Å²) < 4.78 is 40.6. The van der Waals surface area contributed by atoms with E-state index in [0.717, 1.165) is 37.8 Å². The third-order valence-electron chi connectivity index (χ3n) is 4.22. The molecule has 0 aliphatic carbocycles. The summed E-state index contributed by atoms with van der Waals surface area (Å²) in [6.45, 7) is 4.26. The number of pyridine rings is 1. The highest BCUT2D eigenvalue weighted by Crippen LogP contribution is 2.31. The summed E-state index contributed by atoms with van der Waals surface area (Å²) in [4.78, 5) is 10.2. The topological polar surface area (TPSA) is 34.0 Å². The van der Waals surface area contributed by atoms with Crippen LogP contribution < -0.4 is 4.90 Å². The van der Waals surface area contributed by atoms with Crippen molar-refractivity contribution in [3.63, 3.8) is 0 Å². The van der Waals surface area contributed by atoms with Crippen molar-refractivity contribution in [3.8, 4) is 0 Å². The number of piperidine rings is 1. The lowest BCUT2D eigenvalue weighted by molar-refractivity contribution is -0.141. The number of alkyl halides is 3. The molecule has 2 aromatic rings. The summed E-state index contributed by atoms with van der Waals surface area (Å²) in [6, 6.07) is 4.07. The van der Waals surface area contributed by atoms with Gasteiger partial charge in [0.1, 0.15) is 17.3 Å². The predicted molar refractivity (Wildman–Crippen MR) is 81.3 cm³/mol. The summed E-state index contributed by atoms with van der Waals surface area (Å²) in [5.74, 6) is 1.61. The molecule has 3 heterocycles. The first-order chi connectivity index (χ1) is 11.0. The lowest BCUT2D eigenvalue weighted by Gasteiger charge is -2.33. The van der Waals surface area contributed by atoms with Crippen LogP contribution in [0.5, 0.6) is 0 Å². The molecule has 124 valence electrons. The number of rotatable bonds is 3. The first-order valence-corrected chi connectivity index (χ1v) is 7.79. The van der Waals surface area contributed by atoms with Crippen LogP contribution in [0.25, 0.3) is 0 Å². The second-order valence-corrected chi connectivity index (χ2v) is 5.74. The van der Waals surface area contributed by atoms with Gasteiger partial charge in [-0.3, -0.25) is 0 Å². The van der Waals surface area contributed by atoms with Gasteiger partial charge in [-0.05, 0) is 31.9 Å². The van der Waals surface area contributed by atoms with Gasteiger partial charge in [-0.2, -0.15) is 13.2 Å². The van der Waals surface area contributed by atoms with Gasteiger partial charge in [-0.25, -0.2) is 9.97 Å². The number of aryl methyl sites for hydroxylation is 1. The smallest absolute Gasteiger partial charge is 0.356 e. The highest BCUT2D eigenvalue weighted by atomic mass is 19.4. The molecule has 0 bridgehead atoms. The van der Waals surface area contributed by atoms with Crippen molar-refractivity contribution in [1.82, 2.24) is 14.5 Å². The minimum Gasteiger partial charge on any atom is -0.356 e. The molecule has 0 aromatic carbocycles. The molecule has 4 nitrogen and oxygen atoms in total. The van der Waals surface area contributed by atoms with Crippen molar-refractivity contribution >= 4 is 5.82 Å². The lowest BCUT2D eigenvalue weighted by Crippen LogP contribution is -2.36. The van der Waals surface area contributed by atoms with Crippen molar-refractivity contribution in [2.45, 2.75) is 38.4 Å². The van der Waals surface area contributed by atoms with E-state index >= 15 is 0 Å². The second kappa shape index (κ2) is 6.22. The van der Waals surface area contributed by atoms with Crippen LogP contribution in [-0.4, -0.2) is 27.6 Å². The minimum absolute atomic E-state index is 0.218. The molecule has 0 amide bonds. The standard InChI is InChI=1S/C16H19F3N4/c1-2-22-10-8-20-15(22)12-5-4-9-23(11-12)14-7-3-6-13(21-14)16(17,18)19/h3,6-8,10,12H,2,4-5,9,11H2,1H3/t12-/m1/s1. The molecule has 1 aliphatic rings. The number of nitrogens with zero attached hydrogens (tertiary/aromatic N) is 4. The summed E-state index contributed by atoms with van der Waals surface area (Å²) in [5, 5.41) is 0. The van der Waals surface area contributed by atoms with Crippen molar-refractivity contribution in [3.05, 3.63) is 42.1 Å². The van der Waals surface area contributed by atoms with Crippen molar-refractivity contribution in [2.75, 3.05) is 18.0 Å². The molecule has 1 aliphatic heterocycles. The summed E-state index contributed by atoms with van der Waals surface area (Å²) in [5.41, 5.74) is -0.841. The number of hydrogen-bond acceptors (Lipinski definition) is 3. The number of anilines is 1. The van der Waals surface area contributed by atoms with Crippen LogP contribution in [-0.2, 0) is 12.7 Å². The maximum atomic E-state index is 12.8. The molecular weight excluding hydrogens is 305 g/mol. The van der Waals surface area contributed by atoms with E-state index in [2.05, 4.69) is 21.5 Å². The van der Waals surface area contributed by atoms with E-state index in [9.17, 15) is 13.2 Å². The molecule has 0 saturated carbocycles. The number of hydrogen-bond donors (Lipinski definition) is 0. The van der Waals surface area contributed by atoms with Crippen LogP contribution in [0.15, 0.2) is 30.6 Å².